The molecule has 2 aliphatic carbocycles. The fourth-order valence-electron chi connectivity index (χ4n) is 6.91. The number of ether oxygens (including phenoxy) is 1. The molecule has 3 aliphatic rings. The number of likely N-dealkylation sites (tertiary alicyclic amines) is 1. The SMILES string of the molecule is CCCCCCCCN1CC(CC=O)C2CC(C3CCCC(OCC)C3)CCC21. The summed E-state index contributed by atoms with van der Waals surface area (Å²) >= 11 is 0. The van der Waals surface area contributed by atoms with Crippen molar-refractivity contribution in [2.45, 2.75) is 116 Å². The Morgan fingerprint density at radius 1 is 0.931 bits per heavy atom. The van der Waals surface area contributed by atoms with Crippen LogP contribution in [0, 0.1) is 23.7 Å². The quantitative estimate of drug-likeness (QED) is 0.284. The number of unbranched alkanes of at least 4 members (excludes halogenated alkanes) is 5. The minimum atomic E-state index is 0.509. The van der Waals surface area contributed by atoms with Crippen molar-refractivity contribution >= 4 is 6.29 Å². The Bertz CT molecular complexity index is 466. The van der Waals surface area contributed by atoms with Gasteiger partial charge < -0.3 is 9.53 Å². The third-order valence-corrected chi connectivity index (χ3v) is 8.38. The van der Waals surface area contributed by atoms with E-state index >= 15 is 0 Å². The van der Waals surface area contributed by atoms with Crippen molar-refractivity contribution in [3.8, 4) is 0 Å². The van der Waals surface area contributed by atoms with Gasteiger partial charge >= 0.3 is 0 Å². The summed E-state index contributed by atoms with van der Waals surface area (Å²) in [5.74, 6) is 3.13. The number of rotatable bonds is 12. The smallest absolute Gasteiger partial charge is 0.120 e. The standard InChI is InChI=1S/C26H47NO2/c1-3-5-6-7-8-9-16-27-20-23(15-17-28)25-19-22(13-14-26(25)27)21-11-10-12-24(18-21)29-4-2/h17,21-26H,3-16,18-20H2,1-2H3. The molecule has 3 fully saturated rings. The first kappa shape index (κ1) is 23.3. The van der Waals surface area contributed by atoms with E-state index in [4.69, 9.17) is 4.74 Å². The topological polar surface area (TPSA) is 29.5 Å². The van der Waals surface area contributed by atoms with Gasteiger partial charge in [0.1, 0.15) is 6.29 Å². The second kappa shape index (κ2) is 12.4. The van der Waals surface area contributed by atoms with Crippen LogP contribution in [0.15, 0.2) is 0 Å². The highest BCUT2D eigenvalue weighted by atomic mass is 16.5. The van der Waals surface area contributed by atoms with E-state index in [1.54, 1.807) is 0 Å². The van der Waals surface area contributed by atoms with E-state index in [-0.39, 0.29) is 0 Å². The Labute approximate surface area is 180 Å². The number of hydrogen-bond donors (Lipinski definition) is 0. The van der Waals surface area contributed by atoms with Crippen LogP contribution in [0.5, 0.6) is 0 Å². The zero-order valence-electron chi connectivity index (χ0n) is 19.3. The molecule has 0 N–H and O–H groups in total. The van der Waals surface area contributed by atoms with Crippen LogP contribution < -0.4 is 0 Å². The average molecular weight is 406 g/mol. The molecule has 2 saturated carbocycles. The number of aldehydes is 1. The van der Waals surface area contributed by atoms with Crippen LogP contribution >= 0.6 is 0 Å². The van der Waals surface area contributed by atoms with Crippen LogP contribution in [-0.2, 0) is 9.53 Å². The summed E-state index contributed by atoms with van der Waals surface area (Å²) in [4.78, 5) is 14.2. The highest BCUT2D eigenvalue weighted by molar-refractivity contribution is 5.50. The first-order valence-electron chi connectivity index (χ1n) is 13.1. The van der Waals surface area contributed by atoms with E-state index < -0.39 is 0 Å². The van der Waals surface area contributed by atoms with Crippen molar-refractivity contribution in [1.29, 1.82) is 0 Å². The van der Waals surface area contributed by atoms with Crippen molar-refractivity contribution in [1.82, 2.24) is 4.90 Å². The second-order valence-corrected chi connectivity index (χ2v) is 10.2. The lowest BCUT2D eigenvalue weighted by Crippen LogP contribution is -2.40. The average Bonchev–Trinajstić information content (AvgIpc) is 3.08. The largest absolute Gasteiger partial charge is 0.378 e. The fourth-order valence-corrected chi connectivity index (χ4v) is 6.91. The van der Waals surface area contributed by atoms with Crippen molar-refractivity contribution in [2.24, 2.45) is 23.7 Å². The van der Waals surface area contributed by atoms with E-state index in [1.165, 1.54) is 103 Å². The van der Waals surface area contributed by atoms with Crippen LogP contribution in [0.1, 0.15) is 104 Å². The zero-order chi connectivity index (χ0) is 20.5. The van der Waals surface area contributed by atoms with E-state index in [9.17, 15) is 4.79 Å². The predicted molar refractivity (Wildman–Crippen MR) is 121 cm³/mol. The van der Waals surface area contributed by atoms with Crippen LogP contribution in [0.4, 0.5) is 0 Å². The van der Waals surface area contributed by atoms with E-state index in [2.05, 4.69) is 18.7 Å². The lowest BCUT2D eigenvalue weighted by atomic mass is 9.66. The molecule has 0 bridgehead atoms. The predicted octanol–water partition coefficient (Wildman–Crippen LogP) is 6.25. The maximum Gasteiger partial charge on any atom is 0.120 e. The molecule has 0 amide bonds. The molecule has 3 rings (SSSR count). The number of carbonyl (C=O) groups excluding carboxylic acids is 1. The molecule has 3 heteroatoms. The van der Waals surface area contributed by atoms with Gasteiger partial charge in [-0.15, -0.1) is 0 Å². The Hall–Kier alpha value is -0.410. The molecule has 1 aliphatic heterocycles. The Balaban J connectivity index is 1.50. The normalized spacial score (nSPS) is 35.5. The van der Waals surface area contributed by atoms with E-state index in [0.717, 1.165) is 36.8 Å². The van der Waals surface area contributed by atoms with Crippen molar-refractivity contribution in [3.05, 3.63) is 0 Å². The summed E-state index contributed by atoms with van der Waals surface area (Å²) in [7, 11) is 0. The Morgan fingerprint density at radius 2 is 1.72 bits per heavy atom. The molecule has 0 aromatic rings. The van der Waals surface area contributed by atoms with Crippen LogP contribution in [0.3, 0.4) is 0 Å². The molecule has 1 saturated heterocycles. The number of nitrogens with zero attached hydrogens (tertiary/aromatic N) is 1. The number of fused-ring (bicyclic) bond motifs is 1. The third kappa shape index (κ3) is 6.53. The van der Waals surface area contributed by atoms with Gasteiger partial charge in [-0.1, -0.05) is 45.4 Å². The van der Waals surface area contributed by atoms with E-state index in [1.807, 2.05) is 0 Å². The van der Waals surface area contributed by atoms with Crippen molar-refractivity contribution in [2.75, 3.05) is 19.7 Å². The van der Waals surface area contributed by atoms with Gasteiger partial charge in [-0.25, -0.2) is 0 Å². The molecule has 168 valence electrons. The lowest BCUT2D eigenvalue weighted by Gasteiger charge is -2.42. The highest BCUT2D eigenvalue weighted by Crippen LogP contribution is 2.47. The van der Waals surface area contributed by atoms with Crippen LogP contribution in [0.2, 0.25) is 0 Å². The highest BCUT2D eigenvalue weighted by Gasteiger charge is 2.45. The molecule has 6 atom stereocenters. The molecule has 0 spiro atoms. The van der Waals surface area contributed by atoms with E-state index in [0.29, 0.717) is 12.0 Å². The van der Waals surface area contributed by atoms with Crippen LogP contribution in [0.25, 0.3) is 0 Å². The summed E-state index contributed by atoms with van der Waals surface area (Å²) in [6.45, 7) is 7.74. The van der Waals surface area contributed by atoms with Gasteiger partial charge in [-0.2, -0.15) is 0 Å². The van der Waals surface area contributed by atoms with Gasteiger partial charge in [0, 0.05) is 25.6 Å². The minimum absolute atomic E-state index is 0.509. The van der Waals surface area contributed by atoms with Crippen LogP contribution in [-0.4, -0.2) is 43.0 Å². The summed E-state index contributed by atoms with van der Waals surface area (Å²) in [5, 5.41) is 0. The number of carbonyl (C=O) groups is 1. The molecular formula is C26H47NO2. The summed E-state index contributed by atoms with van der Waals surface area (Å²) in [5.41, 5.74) is 0. The van der Waals surface area contributed by atoms with Gasteiger partial charge in [-0.3, -0.25) is 4.90 Å². The molecule has 3 nitrogen and oxygen atoms in total. The van der Waals surface area contributed by atoms with Gasteiger partial charge in [-0.05, 0) is 82.1 Å². The molecule has 6 unspecified atom stereocenters. The first-order chi connectivity index (χ1) is 14.3. The first-order valence-corrected chi connectivity index (χ1v) is 13.1. The van der Waals surface area contributed by atoms with Crippen molar-refractivity contribution in [3.63, 3.8) is 0 Å². The molecule has 0 aromatic carbocycles. The maximum absolute atomic E-state index is 11.4. The molecule has 0 aromatic heterocycles. The van der Waals surface area contributed by atoms with Gasteiger partial charge in [0.05, 0.1) is 6.10 Å². The van der Waals surface area contributed by atoms with Gasteiger partial charge in [0.15, 0.2) is 0 Å². The minimum Gasteiger partial charge on any atom is -0.378 e. The summed E-state index contributed by atoms with van der Waals surface area (Å²) in [6.07, 6.45) is 20.2. The summed E-state index contributed by atoms with van der Waals surface area (Å²) in [6, 6.07) is 0.762. The fraction of sp³-hybridized carbons (Fsp3) is 0.962. The molecule has 1 heterocycles. The van der Waals surface area contributed by atoms with Crippen molar-refractivity contribution < 1.29 is 9.53 Å². The third-order valence-electron chi connectivity index (χ3n) is 8.38. The molecule has 29 heavy (non-hydrogen) atoms. The second-order valence-electron chi connectivity index (χ2n) is 10.2. The molecule has 0 radical (unpaired) electrons. The number of hydrogen-bond acceptors (Lipinski definition) is 3. The Kier molecular flexibility index (Phi) is 9.98. The zero-order valence-corrected chi connectivity index (χ0v) is 19.3. The monoisotopic (exact) mass is 405 g/mol. The van der Waals surface area contributed by atoms with Gasteiger partial charge in [0.25, 0.3) is 0 Å². The summed E-state index contributed by atoms with van der Waals surface area (Å²) < 4.78 is 5.99. The molecular weight excluding hydrogens is 358 g/mol. The Morgan fingerprint density at radius 3 is 2.52 bits per heavy atom. The maximum atomic E-state index is 11.4. The lowest BCUT2D eigenvalue weighted by molar-refractivity contribution is -0.108. The van der Waals surface area contributed by atoms with Gasteiger partial charge in [0.2, 0.25) is 0 Å².